The SMILES string of the molecule is CC1(C)c2ccccc2-c2c1ccc(-c1ccccc1)c2C(c1ccc(-c2ccccc2)cc1)C1CC=Cc2oc3cccc(-c4ccc5c6ccccc6n(-c6ccccc6)c5c4)c3c21. The Hall–Kier alpha value is -7.94. The summed E-state index contributed by atoms with van der Waals surface area (Å²) in [5, 5.41) is 3.69. The Morgan fingerprint density at radius 2 is 1.17 bits per heavy atom. The largest absolute Gasteiger partial charge is 0.456 e. The van der Waals surface area contributed by atoms with Crippen LogP contribution in [0.4, 0.5) is 0 Å². The van der Waals surface area contributed by atoms with Crippen molar-refractivity contribution in [2.24, 2.45) is 0 Å². The summed E-state index contributed by atoms with van der Waals surface area (Å²) in [6.07, 6.45) is 5.45. The number of fused-ring (bicyclic) bond motifs is 9. The first-order valence-corrected chi connectivity index (χ1v) is 23.3. The zero-order chi connectivity index (χ0) is 43.9. The highest BCUT2D eigenvalue weighted by molar-refractivity contribution is 6.11. The van der Waals surface area contributed by atoms with Crippen LogP contribution in [0.2, 0.25) is 0 Å². The third kappa shape index (κ3) is 5.88. The highest BCUT2D eigenvalue weighted by Gasteiger charge is 2.42. The molecule has 2 aliphatic rings. The van der Waals surface area contributed by atoms with Gasteiger partial charge in [-0.2, -0.15) is 0 Å². The van der Waals surface area contributed by atoms with Crippen molar-refractivity contribution in [2.75, 3.05) is 0 Å². The van der Waals surface area contributed by atoms with Gasteiger partial charge in [0, 0.05) is 44.7 Å². The Labute approximate surface area is 385 Å². The molecule has 0 radical (unpaired) electrons. The van der Waals surface area contributed by atoms with Gasteiger partial charge in [-0.1, -0.05) is 202 Å². The molecule has 0 amide bonds. The van der Waals surface area contributed by atoms with Crippen LogP contribution in [0.3, 0.4) is 0 Å². The molecule has 314 valence electrons. The molecule has 0 bridgehead atoms. The fourth-order valence-electron chi connectivity index (χ4n) is 11.8. The van der Waals surface area contributed by atoms with E-state index in [9.17, 15) is 0 Å². The lowest BCUT2D eigenvalue weighted by Gasteiger charge is -2.34. The maximum atomic E-state index is 7.02. The lowest BCUT2D eigenvalue weighted by atomic mass is 9.69. The van der Waals surface area contributed by atoms with E-state index in [4.69, 9.17) is 4.42 Å². The van der Waals surface area contributed by atoms with Crippen molar-refractivity contribution < 1.29 is 4.42 Å². The normalized spacial score (nSPS) is 15.2. The molecule has 2 aliphatic carbocycles. The molecule has 11 aromatic rings. The van der Waals surface area contributed by atoms with Crippen LogP contribution in [0.15, 0.2) is 223 Å². The molecule has 2 nitrogen and oxygen atoms in total. The van der Waals surface area contributed by atoms with Crippen LogP contribution in [-0.4, -0.2) is 4.57 Å². The summed E-state index contributed by atoms with van der Waals surface area (Å²) in [6.45, 7) is 4.80. The highest BCUT2D eigenvalue weighted by Crippen LogP contribution is 2.58. The van der Waals surface area contributed by atoms with Crippen LogP contribution < -0.4 is 0 Å². The van der Waals surface area contributed by atoms with Gasteiger partial charge in [0.2, 0.25) is 0 Å². The zero-order valence-electron chi connectivity index (χ0n) is 37.1. The van der Waals surface area contributed by atoms with E-state index >= 15 is 0 Å². The van der Waals surface area contributed by atoms with Gasteiger partial charge >= 0.3 is 0 Å². The van der Waals surface area contributed by atoms with Gasteiger partial charge < -0.3 is 8.98 Å². The Morgan fingerprint density at radius 3 is 1.97 bits per heavy atom. The number of para-hydroxylation sites is 2. The Balaban J connectivity index is 1.08. The third-order valence-corrected chi connectivity index (χ3v) is 14.8. The minimum Gasteiger partial charge on any atom is -0.456 e. The third-order valence-electron chi connectivity index (χ3n) is 14.8. The predicted octanol–water partition coefficient (Wildman–Crippen LogP) is 17.2. The lowest BCUT2D eigenvalue weighted by molar-refractivity contribution is 0.557. The van der Waals surface area contributed by atoms with Crippen LogP contribution in [0.5, 0.6) is 0 Å². The average Bonchev–Trinajstić information content (AvgIpc) is 4.01. The van der Waals surface area contributed by atoms with Crippen LogP contribution in [0, 0.1) is 0 Å². The van der Waals surface area contributed by atoms with Gasteiger partial charge in [0.05, 0.1) is 11.0 Å². The first-order chi connectivity index (χ1) is 32.5. The van der Waals surface area contributed by atoms with E-state index in [0.29, 0.717) is 0 Å². The van der Waals surface area contributed by atoms with E-state index in [1.54, 1.807) is 0 Å². The van der Waals surface area contributed by atoms with Gasteiger partial charge in [0.1, 0.15) is 11.3 Å². The summed E-state index contributed by atoms with van der Waals surface area (Å²) in [4.78, 5) is 0. The van der Waals surface area contributed by atoms with Crippen molar-refractivity contribution in [1.82, 2.24) is 4.57 Å². The molecule has 13 rings (SSSR count). The van der Waals surface area contributed by atoms with Crippen LogP contribution >= 0.6 is 0 Å². The molecule has 0 N–H and O–H groups in total. The van der Waals surface area contributed by atoms with E-state index in [0.717, 1.165) is 23.5 Å². The fourth-order valence-corrected chi connectivity index (χ4v) is 11.8. The second-order valence-corrected chi connectivity index (χ2v) is 18.7. The lowest BCUT2D eigenvalue weighted by Crippen LogP contribution is -2.19. The van der Waals surface area contributed by atoms with Crippen LogP contribution in [-0.2, 0) is 5.41 Å². The molecule has 2 unspecified atom stereocenters. The number of rotatable bonds is 7. The van der Waals surface area contributed by atoms with Gasteiger partial charge in [-0.05, 0) is 110 Å². The molecule has 2 aromatic heterocycles. The second kappa shape index (κ2) is 15.1. The van der Waals surface area contributed by atoms with E-state index in [2.05, 4.69) is 243 Å². The Morgan fingerprint density at radius 1 is 0.515 bits per heavy atom. The minimum absolute atomic E-state index is 0.0254. The van der Waals surface area contributed by atoms with E-state index in [-0.39, 0.29) is 17.3 Å². The molecular weight excluding hydrogens is 799 g/mol. The van der Waals surface area contributed by atoms with E-state index in [1.807, 2.05) is 0 Å². The van der Waals surface area contributed by atoms with Crippen molar-refractivity contribution >= 4 is 38.9 Å². The number of allylic oxidation sites excluding steroid dienone is 1. The fraction of sp³-hybridized carbons (Fsp3) is 0.0938. The molecule has 0 spiro atoms. The Kier molecular flexibility index (Phi) is 8.80. The standard InChI is InChI=1S/C64H47NO/c1-64(2)53-28-14-12-25-51(53)60-54(64)39-38-48(43-20-8-4-9-21-43)63(60)59(44-34-32-42(33-35-44)41-18-6-3-7-19-41)52-27-17-31-58-62(52)61-47(26-16-30-57(61)66-58)45-36-37-50-49-24-13-15-29-55(49)65(56(50)40-45)46-22-10-5-11-23-46/h3-26,28-40,52,59H,27H2,1-2H3. The topological polar surface area (TPSA) is 18.1 Å². The van der Waals surface area contributed by atoms with Crippen LogP contribution in [0.1, 0.15) is 65.7 Å². The summed E-state index contributed by atoms with van der Waals surface area (Å²) in [7, 11) is 0. The molecule has 0 aliphatic heterocycles. The summed E-state index contributed by atoms with van der Waals surface area (Å²) in [5.74, 6) is 0.982. The molecule has 2 heteroatoms. The molecule has 9 aromatic carbocycles. The minimum atomic E-state index is -0.161. The monoisotopic (exact) mass is 845 g/mol. The van der Waals surface area contributed by atoms with Crippen molar-refractivity contribution in [3.63, 3.8) is 0 Å². The smallest absolute Gasteiger partial charge is 0.135 e. The van der Waals surface area contributed by atoms with Gasteiger partial charge in [0.25, 0.3) is 0 Å². The Bertz CT molecular complexity index is 3680. The molecule has 0 fully saturated rings. The maximum absolute atomic E-state index is 7.02. The maximum Gasteiger partial charge on any atom is 0.135 e. The number of hydrogen-bond donors (Lipinski definition) is 0. The molecule has 2 atom stereocenters. The summed E-state index contributed by atoms with van der Waals surface area (Å²) >= 11 is 0. The highest BCUT2D eigenvalue weighted by atomic mass is 16.3. The van der Waals surface area contributed by atoms with Gasteiger partial charge in [-0.15, -0.1) is 0 Å². The summed E-state index contributed by atoms with van der Waals surface area (Å²) < 4.78 is 9.43. The zero-order valence-corrected chi connectivity index (χ0v) is 37.1. The number of hydrogen-bond acceptors (Lipinski definition) is 1. The summed E-state index contributed by atoms with van der Waals surface area (Å²) in [5.41, 5.74) is 21.1. The van der Waals surface area contributed by atoms with Crippen molar-refractivity contribution in [3.8, 4) is 50.2 Å². The molecule has 0 saturated carbocycles. The van der Waals surface area contributed by atoms with Gasteiger partial charge in [-0.3, -0.25) is 0 Å². The van der Waals surface area contributed by atoms with Crippen molar-refractivity contribution in [2.45, 2.75) is 37.5 Å². The average molecular weight is 846 g/mol. The number of nitrogens with zero attached hydrogens (tertiary/aromatic N) is 1. The number of benzene rings is 9. The number of aromatic nitrogens is 1. The number of furan rings is 1. The summed E-state index contributed by atoms with van der Waals surface area (Å²) in [6, 6.07) is 78.5. The second-order valence-electron chi connectivity index (χ2n) is 18.7. The van der Waals surface area contributed by atoms with E-state index < -0.39 is 0 Å². The molecule has 66 heavy (non-hydrogen) atoms. The van der Waals surface area contributed by atoms with Crippen molar-refractivity contribution in [1.29, 1.82) is 0 Å². The molecule has 2 heterocycles. The molecular formula is C64H47NO. The van der Waals surface area contributed by atoms with E-state index in [1.165, 1.54) is 99.5 Å². The molecule has 0 saturated heterocycles. The van der Waals surface area contributed by atoms with Gasteiger partial charge in [-0.25, -0.2) is 0 Å². The quantitative estimate of drug-likeness (QED) is 0.156. The van der Waals surface area contributed by atoms with Crippen molar-refractivity contribution in [3.05, 3.63) is 252 Å². The van der Waals surface area contributed by atoms with Crippen LogP contribution in [0.25, 0.3) is 89.0 Å². The first kappa shape index (κ1) is 38.5. The van der Waals surface area contributed by atoms with Gasteiger partial charge in [0.15, 0.2) is 0 Å². The predicted molar refractivity (Wildman–Crippen MR) is 276 cm³/mol. The first-order valence-electron chi connectivity index (χ1n) is 23.3.